The van der Waals surface area contributed by atoms with E-state index in [0.29, 0.717) is 16.3 Å². The van der Waals surface area contributed by atoms with Crippen LogP contribution in [-0.2, 0) is 32.6 Å². The molecule has 0 heterocycles. The van der Waals surface area contributed by atoms with E-state index in [-0.39, 0.29) is 18.9 Å². The minimum Gasteiger partial charge on any atom is -0.350 e. The molecule has 0 aliphatic heterocycles. The van der Waals surface area contributed by atoms with Crippen LogP contribution in [0, 0.1) is 13.8 Å². The SMILES string of the molecule is Cc1ccc(CN(C(=O)CN(c2cc(Cl)ccc2C)S(C)(=O)=O)[C@@H](Cc2ccccc2)C(=O)NC(C)(C)C)cc1. The molecule has 1 atom stereocenters. The van der Waals surface area contributed by atoms with Gasteiger partial charge in [-0.05, 0) is 63.4 Å². The number of sulfonamides is 1. The van der Waals surface area contributed by atoms with E-state index < -0.39 is 34.1 Å². The Balaban J connectivity index is 2.09. The van der Waals surface area contributed by atoms with Crippen molar-refractivity contribution in [2.75, 3.05) is 17.1 Å². The van der Waals surface area contributed by atoms with Crippen LogP contribution in [0.3, 0.4) is 0 Å². The fraction of sp³-hybridized carbons (Fsp3) is 0.355. The molecule has 0 saturated heterocycles. The summed E-state index contributed by atoms with van der Waals surface area (Å²) in [5, 5.41) is 3.37. The number of aryl methyl sites for hydroxylation is 2. The third kappa shape index (κ3) is 8.83. The van der Waals surface area contributed by atoms with Crippen molar-refractivity contribution in [2.24, 2.45) is 0 Å². The minimum atomic E-state index is -3.87. The number of benzene rings is 3. The second-order valence-corrected chi connectivity index (χ2v) is 13.5. The Bertz CT molecular complexity index is 1440. The van der Waals surface area contributed by atoms with E-state index >= 15 is 0 Å². The van der Waals surface area contributed by atoms with Gasteiger partial charge in [-0.1, -0.05) is 77.8 Å². The molecule has 2 amide bonds. The van der Waals surface area contributed by atoms with Gasteiger partial charge < -0.3 is 10.2 Å². The molecule has 3 aromatic rings. The number of amides is 2. The summed E-state index contributed by atoms with van der Waals surface area (Å²) in [7, 11) is -3.87. The van der Waals surface area contributed by atoms with Crippen LogP contribution in [0.15, 0.2) is 72.8 Å². The number of halogens is 1. The summed E-state index contributed by atoms with van der Waals surface area (Å²) in [5.74, 6) is -0.822. The van der Waals surface area contributed by atoms with Crippen LogP contribution in [0.4, 0.5) is 5.69 Å². The van der Waals surface area contributed by atoms with E-state index in [1.54, 1.807) is 19.1 Å². The van der Waals surface area contributed by atoms with Crippen LogP contribution in [0.25, 0.3) is 0 Å². The van der Waals surface area contributed by atoms with Crippen molar-refractivity contribution in [1.82, 2.24) is 10.2 Å². The summed E-state index contributed by atoms with van der Waals surface area (Å²) in [5.41, 5.74) is 3.19. The van der Waals surface area contributed by atoms with Crippen molar-refractivity contribution >= 4 is 39.1 Å². The van der Waals surface area contributed by atoms with Gasteiger partial charge in [0.05, 0.1) is 11.9 Å². The lowest BCUT2D eigenvalue weighted by atomic mass is 10.0. The molecule has 40 heavy (non-hydrogen) atoms. The minimum absolute atomic E-state index is 0.125. The second kappa shape index (κ2) is 12.9. The lowest BCUT2D eigenvalue weighted by Crippen LogP contribution is -2.56. The van der Waals surface area contributed by atoms with Gasteiger partial charge in [0.1, 0.15) is 12.6 Å². The summed E-state index contributed by atoms with van der Waals surface area (Å²) in [6, 6.07) is 21.2. The molecular formula is C31H38ClN3O4S. The van der Waals surface area contributed by atoms with Gasteiger partial charge >= 0.3 is 0 Å². The first-order valence-electron chi connectivity index (χ1n) is 13.1. The number of hydrogen-bond donors (Lipinski definition) is 1. The molecule has 0 fully saturated rings. The van der Waals surface area contributed by atoms with Crippen LogP contribution in [-0.4, -0.2) is 49.5 Å². The Morgan fingerprint density at radius 2 is 1.55 bits per heavy atom. The first kappa shape index (κ1) is 31.2. The highest BCUT2D eigenvalue weighted by Gasteiger charge is 2.34. The number of anilines is 1. The maximum atomic E-state index is 14.1. The largest absolute Gasteiger partial charge is 0.350 e. The highest BCUT2D eigenvalue weighted by Crippen LogP contribution is 2.27. The third-order valence-electron chi connectivity index (χ3n) is 6.36. The number of carbonyl (C=O) groups is 2. The van der Waals surface area contributed by atoms with E-state index in [9.17, 15) is 18.0 Å². The van der Waals surface area contributed by atoms with Crippen LogP contribution in [0.1, 0.15) is 43.0 Å². The molecule has 0 aromatic heterocycles. The van der Waals surface area contributed by atoms with Crippen LogP contribution in [0.5, 0.6) is 0 Å². The molecule has 0 aliphatic rings. The molecule has 0 unspecified atom stereocenters. The van der Waals surface area contributed by atoms with E-state index in [2.05, 4.69) is 5.32 Å². The van der Waals surface area contributed by atoms with Gasteiger partial charge in [0, 0.05) is 23.5 Å². The molecule has 3 aromatic carbocycles. The first-order chi connectivity index (χ1) is 18.6. The molecule has 9 heteroatoms. The summed E-state index contributed by atoms with van der Waals surface area (Å²) < 4.78 is 27.0. The Labute approximate surface area is 243 Å². The molecule has 0 bridgehead atoms. The fourth-order valence-corrected chi connectivity index (χ4v) is 5.41. The molecule has 3 rings (SSSR count). The monoisotopic (exact) mass is 583 g/mol. The van der Waals surface area contributed by atoms with Gasteiger partial charge in [-0.2, -0.15) is 0 Å². The first-order valence-corrected chi connectivity index (χ1v) is 15.3. The van der Waals surface area contributed by atoms with Crippen LogP contribution >= 0.6 is 11.6 Å². The summed E-state index contributed by atoms with van der Waals surface area (Å²) in [6.45, 7) is 9.00. The maximum Gasteiger partial charge on any atom is 0.244 e. The zero-order valence-electron chi connectivity index (χ0n) is 23.9. The Morgan fingerprint density at radius 1 is 0.925 bits per heavy atom. The molecular weight excluding hydrogens is 546 g/mol. The van der Waals surface area contributed by atoms with Gasteiger partial charge in [-0.25, -0.2) is 8.42 Å². The fourth-order valence-electron chi connectivity index (χ4n) is 4.34. The Kier molecular flexibility index (Phi) is 10.0. The topological polar surface area (TPSA) is 86.8 Å². The van der Waals surface area contributed by atoms with E-state index in [1.165, 1.54) is 11.0 Å². The maximum absolute atomic E-state index is 14.1. The molecule has 0 spiro atoms. The van der Waals surface area contributed by atoms with Gasteiger partial charge in [0.2, 0.25) is 21.8 Å². The van der Waals surface area contributed by atoms with Crippen molar-refractivity contribution < 1.29 is 18.0 Å². The highest BCUT2D eigenvalue weighted by atomic mass is 35.5. The number of hydrogen-bond acceptors (Lipinski definition) is 4. The summed E-state index contributed by atoms with van der Waals surface area (Å²) >= 11 is 6.20. The number of carbonyl (C=O) groups excluding carboxylic acids is 2. The average Bonchev–Trinajstić information content (AvgIpc) is 2.86. The number of rotatable bonds is 10. The van der Waals surface area contributed by atoms with Gasteiger partial charge in [-0.3, -0.25) is 13.9 Å². The van der Waals surface area contributed by atoms with Crippen molar-refractivity contribution in [3.8, 4) is 0 Å². The quantitative estimate of drug-likeness (QED) is 0.352. The van der Waals surface area contributed by atoms with Crippen molar-refractivity contribution in [3.63, 3.8) is 0 Å². The molecule has 0 saturated carbocycles. The average molecular weight is 584 g/mol. The molecule has 7 nitrogen and oxygen atoms in total. The normalized spacial score (nSPS) is 12.5. The van der Waals surface area contributed by atoms with Gasteiger partial charge in [0.15, 0.2) is 0 Å². The van der Waals surface area contributed by atoms with Crippen LogP contribution < -0.4 is 9.62 Å². The number of nitrogens with one attached hydrogen (secondary N) is 1. The predicted octanol–water partition coefficient (Wildman–Crippen LogP) is 5.28. The smallest absolute Gasteiger partial charge is 0.244 e. The van der Waals surface area contributed by atoms with E-state index in [4.69, 9.17) is 11.6 Å². The summed E-state index contributed by atoms with van der Waals surface area (Å²) in [6.07, 6.45) is 1.31. The lowest BCUT2D eigenvalue weighted by Gasteiger charge is -2.35. The van der Waals surface area contributed by atoms with Crippen molar-refractivity contribution in [3.05, 3.63) is 100 Å². The third-order valence-corrected chi connectivity index (χ3v) is 7.72. The van der Waals surface area contributed by atoms with Crippen molar-refractivity contribution in [2.45, 2.75) is 59.2 Å². The zero-order valence-corrected chi connectivity index (χ0v) is 25.5. The predicted molar refractivity (Wildman–Crippen MR) is 162 cm³/mol. The zero-order chi connectivity index (χ0) is 29.7. The second-order valence-electron chi connectivity index (χ2n) is 11.2. The molecule has 214 valence electrons. The standard InChI is InChI=1S/C31H38ClN3O4S/c1-22-12-15-25(16-13-22)20-34(28(30(37)33-31(3,4)5)18-24-10-8-7-9-11-24)29(36)21-35(40(6,38)39)27-19-26(32)17-14-23(27)2/h7-17,19,28H,18,20-21H2,1-6H3,(H,33,37)/t28-/m0/s1. The van der Waals surface area contributed by atoms with Gasteiger partial charge in [-0.15, -0.1) is 0 Å². The summed E-state index contributed by atoms with van der Waals surface area (Å²) in [4.78, 5) is 29.4. The van der Waals surface area contributed by atoms with E-state index in [0.717, 1.165) is 27.3 Å². The highest BCUT2D eigenvalue weighted by molar-refractivity contribution is 7.92. The van der Waals surface area contributed by atoms with Crippen molar-refractivity contribution in [1.29, 1.82) is 0 Å². The van der Waals surface area contributed by atoms with Gasteiger partial charge in [0.25, 0.3) is 0 Å². The lowest BCUT2D eigenvalue weighted by molar-refractivity contribution is -0.140. The number of nitrogens with zero attached hydrogens (tertiary/aromatic N) is 2. The Morgan fingerprint density at radius 3 is 2.12 bits per heavy atom. The molecule has 1 N–H and O–H groups in total. The molecule has 0 radical (unpaired) electrons. The Hall–Kier alpha value is -3.36. The van der Waals surface area contributed by atoms with E-state index in [1.807, 2.05) is 82.3 Å². The molecule has 0 aliphatic carbocycles. The van der Waals surface area contributed by atoms with Crippen LogP contribution in [0.2, 0.25) is 5.02 Å².